The second-order valence-corrected chi connectivity index (χ2v) is 4.54. The van der Waals surface area contributed by atoms with Gasteiger partial charge in [0.25, 0.3) is 0 Å². The summed E-state index contributed by atoms with van der Waals surface area (Å²) in [6.07, 6.45) is 0. The van der Waals surface area contributed by atoms with Crippen LogP contribution in [-0.4, -0.2) is 70.3 Å². The van der Waals surface area contributed by atoms with Gasteiger partial charge < -0.3 is 68.6 Å². The number of nitrogens with two attached hydrogens (primary N) is 1. The van der Waals surface area contributed by atoms with Crippen molar-refractivity contribution in [2.75, 3.05) is 13.2 Å². The third kappa shape index (κ3) is 1170. The molecule has 0 aliphatic rings. The van der Waals surface area contributed by atoms with E-state index in [1.807, 2.05) is 0 Å². The van der Waals surface area contributed by atoms with Gasteiger partial charge in [0.15, 0.2) is 0 Å². The van der Waals surface area contributed by atoms with Crippen LogP contribution in [0, 0.1) is 0 Å². The number of rotatable bonds is 1. The molecular formula is C2H7Al3NO13P3. The summed E-state index contributed by atoms with van der Waals surface area (Å²) in [5, 5.41) is 7.75. The first-order valence-corrected chi connectivity index (χ1v) is 7.80. The van der Waals surface area contributed by atoms with Crippen molar-refractivity contribution in [3.8, 4) is 0 Å². The van der Waals surface area contributed by atoms with Crippen LogP contribution in [0.15, 0.2) is 0 Å². The van der Waals surface area contributed by atoms with Crippen molar-refractivity contribution < 1.29 is 62.8 Å². The summed E-state index contributed by atoms with van der Waals surface area (Å²) in [6, 6.07) is 0. The van der Waals surface area contributed by atoms with E-state index < -0.39 is 23.5 Å². The zero-order chi connectivity index (χ0) is 16.9. The standard InChI is InChI=1S/C2H7NO.3Al.3H3O4P/c3-1-2-4;;;;3*1-5(2,3)4/h4H,1-3H2;;;;3*(H3,1,2,3,4)/q;3*+3;;;/p-9. The van der Waals surface area contributed by atoms with E-state index in [0.717, 1.165) is 0 Å². The Bertz CT molecular complexity index is 248. The van der Waals surface area contributed by atoms with E-state index in [2.05, 4.69) is 0 Å². The van der Waals surface area contributed by atoms with Gasteiger partial charge in [0.05, 0.1) is 6.61 Å². The van der Waals surface area contributed by atoms with E-state index in [-0.39, 0.29) is 58.7 Å². The molecule has 0 aromatic heterocycles. The summed E-state index contributed by atoms with van der Waals surface area (Å²) in [5.41, 5.74) is 4.78. The van der Waals surface area contributed by atoms with Crippen LogP contribution in [0.25, 0.3) is 0 Å². The molecule has 20 heteroatoms. The smallest absolute Gasteiger partial charge is 0.822 e. The van der Waals surface area contributed by atoms with E-state index in [0.29, 0.717) is 6.54 Å². The van der Waals surface area contributed by atoms with Crippen LogP contribution in [-0.2, 0) is 13.7 Å². The third-order valence-corrected chi connectivity index (χ3v) is 0.129. The van der Waals surface area contributed by atoms with Crippen molar-refractivity contribution in [1.29, 1.82) is 0 Å². The second kappa shape index (κ2) is 22.8. The molecule has 0 atom stereocenters. The Morgan fingerprint density at radius 1 is 0.636 bits per heavy atom. The van der Waals surface area contributed by atoms with Gasteiger partial charge in [-0.1, -0.05) is 0 Å². The molecule has 0 heterocycles. The summed E-state index contributed by atoms with van der Waals surface area (Å²) in [5.74, 6) is 0. The summed E-state index contributed by atoms with van der Waals surface area (Å²) < 4.78 is 25.6. The first kappa shape index (κ1) is 43.9. The van der Waals surface area contributed by atoms with Gasteiger partial charge in [-0.15, -0.1) is 0 Å². The fourth-order valence-corrected chi connectivity index (χ4v) is 0. The third-order valence-electron chi connectivity index (χ3n) is 0.129. The summed E-state index contributed by atoms with van der Waals surface area (Å²) in [4.78, 5) is 76.9. The molecule has 14 nitrogen and oxygen atoms in total. The van der Waals surface area contributed by atoms with Crippen molar-refractivity contribution in [3.05, 3.63) is 0 Å². The number of hydrogen-bond donors (Lipinski definition) is 2. The van der Waals surface area contributed by atoms with Gasteiger partial charge in [-0.05, 0) is 0 Å². The van der Waals surface area contributed by atoms with Gasteiger partial charge in [-0.2, -0.15) is 23.5 Å². The molecule has 22 heavy (non-hydrogen) atoms. The van der Waals surface area contributed by atoms with E-state index in [9.17, 15) is 0 Å². The fourth-order valence-electron chi connectivity index (χ4n) is 0. The zero-order valence-electron chi connectivity index (χ0n) is 10.4. The minimum absolute atomic E-state index is 0. The number of aliphatic hydroxyl groups excluding tert-OH is 1. The molecule has 122 valence electrons. The van der Waals surface area contributed by atoms with Gasteiger partial charge in [-0.25, -0.2) is 0 Å². The van der Waals surface area contributed by atoms with Gasteiger partial charge >= 0.3 is 52.1 Å². The van der Waals surface area contributed by atoms with Crippen molar-refractivity contribution >= 4 is 75.6 Å². The number of phosphoric acid groups is 3. The molecule has 0 radical (unpaired) electrons. The van der Waals surface area contributed by atoms with Crippen LogP contribution in [0.5, 0.6) is 0 Å². The van der Waals surface area contributed by atoms with Crippen LogP contribution in [0.3, 0.4) is 0 Å². The van der Waals surface area contributed by atoms with Crippen molar-refractivity contribution in [2.45, 2.75) is 0 Å². The van der Waals surface area contributed by atoms with Gasteiger partial charge in [0, 0.05) is 6.54 Å². The maximum Gasteiger partial charge on any atom is 3.00 e. The van der Waals surface area contributed by atoms with Crippen LogP contribution < -0.4 is 49.8 Å². The topological polar surface area (TPSA) is 305 Å². The molecule has 0 spiro atoms. The first-order chi connectivity index (χ1) is 7.91. The molecule has 3 N–H and O–H groups in total. The molecule has 0 bridgehead atoms. The second-order valence-electron chi connectivity index (χ2n) is 1.85. The Labute approximate surface area is 157 Å². The Morgan fingerprint density at radius 3 is 0.682 bits per heavy atom. The monoisotopic (exact) mass is 427 g/mol. The molecule has 0 amide bonds. The van der Waals surface area contributed by atoms with Crippen molar-refractivity contribution in [2.24, 2.45) is 5.73 Å². The zero-order valence-corrected chi connectivity index (χ0v) is 16.6. The first-order valence-electron chi connectivity index (χ1n) is 3.42. The van der Waals surface area contributed by atoms with E-state index >= 15 is 0 Å². The Balaban J connectivity index is -0.0000000262. The summed E-state index contributed by atoms with van der Waals surface area (Å²) >= 11 is 0. The number of hydrogen-bond acceptors (Lipinski definition) is 14. The SMILES string of the molecule is NCCO.O=P([O-])([O-])[O-].O=P([O-])([O-])[O-].O=P([O-])([O-])[O-].[Al+3].[Al+3].[Al+3]. The molecular weight excluding hydrogens is 420 g/mol. The van der Waals surface area contributed by atoms with Gasteiger partial charge in [0.1, 0.15) is 0 Å². The van der Waals surface area contributed by atoms with Crippen LogP contribution in [0.4, 0.5) is 0 Å². The number of aliphatic hydroxyl groups is 1. The summed E-state index contributed by atoms with van der Waals surface area (Å²) in [7, 11) is -16.2. The minimum Gasteiger partial charge on any atom is -0.822 e. The molecule has 0 saturated heterocycles. The largest absolute Gasteiger partial charge is 3.00 e. The van der Waals surface area contributed by atoms with Crippen LogP contribution in [0.1, 0.15) is 0 Å². The molecule has 0 rings (SSSR count). The maximum absolute atomic E-state index is 8.55. The Morgan fingerprint density at radius 2 is 0.682 bits per heavy atom. The molecule has 0 aliphatic heterocycles. The average molecular weight is 427 g/mol. The molecule has 0 fully saturated rings. The van der Waals surface area contributed by atoms with Crippen LogP contribution >= 0.6 is 23.5 Å². The van der Waals surface area contributed by atoms with Crippen LogP contribution in [0.2, 0.25) is 0 Å². The Kier molecular flexibility index (Phi) is 45.5. The molecule has 0 saturated carbocycles. The predicted octanol–water partition coefficient (Wildman–Crippen LogP) is -10.7. The normalized spacial score (nSPS) is 9.41. The molecule has 0 aromatic rings. The average Bonchev–Trinajstić information content (AvgIpc) is 1.93. The summed E-state index contributed by atoms with van der Waals surface area (Å²) in [6.45, 7) is 0.472. The maximum atomic E-state index is 8.55. The van der Waals surface area contributed by atoms with E-state index in [4.69, 9.17) is 68.6 Å². The molecule has 0 aromatic carbocycles. The Hall–Kier alpha value is 1.85. The van der Waals surface area contributed by atoms with Crippen molar-refractivity contribution in [1.82, 2.24) is 0 Å². The molecule has 0 aliphatic carbocycles. The van der Waals surface area contributed by atoms with E-state index in [1.165, 1.54) is 0 Å². The minimum atomic E-state index is -5.39. The van der Waals surface area contributed by atoms with E-state index in [1.54, 1.807) is 0 Å². The van der Waals surface area contributed by atoms with Gasteiger partial charge in [0.2, 0.25) is 0 Å². The van der Waals surface area contributed by atoms with Gasteiger partial charge in [-0.3, -0.25) is 0 Å². The quantitative estimate of drug-likeness (QED) is 0.290. The predicted molar refractivity (Wildman–Crippen MR) is 56.2 cm³/mol. The molecule has 0 unspecified atom stereocenters. The van der Waals surface area contributed by atoms with Crippen molar-refractivity contribution in [3.63, 3.8) is 0 Å². The fraction of sp³-hybridized carbons (Fsp3) is 1.00.